The second-order valence-corrected chi connectivity index (χ2v) is 4.56. The van der Waals surface area contributed by atoms with E-state index in [4.69, 9.17) is 11.0 Å². The summed E-state index contributed by atoms with van der Waals surface area (Å²) in [5.41, 5.74) is 6.45. The van der Waals surface area contributed by atoms with Crippen LogP contribution in [0.5, 0.6) is 0 Å². The van der Waals surface area contributed by atoms with Crippen LogP contribution in [0.15, 0.2) is 23.4 Å². The van der Waals surface area contributed by atoms with Crippen molar-refractivity contribution >= 4 is 17.7 Å². The van der Waals surface area contributed by atoms with Gasteiger partial charge < -0.3 is 5.73 Å². The van der Waals surface area contributed by atoms with Crippen molar-refractivity contribution in [3.8, 4) is 6.07 Å². The average molecular weight is 263 g/mol. The van der Waals surface area contributed by atoms with Crippen LogP contribution in [0.25, 0.3) is 0 Å². The summed E-state index contributed by atoms with van der Waals surface area (Å²) in [6.07, 6.45) is 0. The summed E-state index contributed by atoms with van der Waals surface area (Å²) >= 11 is 1.42. The molecular formula is C11H10FN5S. The standard InChI is InChI=1S/C11H10FN5S/c1-17-10(14)15-16-11(17)18-6-7-2-3-9(12)8(4-7)5-13/h2-4H,6H2,1H3,(H2,14,15). The maximum atomic E-state index is 13.1. The highest BCUT2D eigenvalue weighted by Gasteiger charge is 2.08. The molecule has 2 aromatic rings. The molecule has 0 atom stereocenters. The van der Waals surface area contributed by atoms with E-state index < -0.39 is 5.82 Å². The Morgan fingerprint density at radius 2 is 2.28 bits per heavy atom. The molecule has 0 aliphatic carbocycles. The second kappa shape index (κ2) is 5.06. The Balaban J connectivity index is 2.11. The van der Waals surface area contributed by atoms with Gasteiger partial charge in [-0.3, -0.25) is 4.57 Å². The molecule has 2 N–H and O–H groups in total. The van der Waals surface area contributed by atoms with Crippen molar-refractivity contribution in [1.29, 1.82) is 5.26 Å². The zero-order valence-electron chi connectivity index (χ0n) is 9.59. The fourth-order valence-corrected chi connectivity index (χ4v) is 2.21. The first-order valence-electron chi connectivity index (χ1n) is 5.08. The predicted molar refractivity (Wildman–Crippen MR) is 66.1 cm³/mol. The molecule has 0 spiro atoms. The van der Waals surface area contributed by atoms with Gasteiger partial charge in [-0.05, 0) is 17.7 Å². The third-order valence-corrected chi connectivity index (χ3v) is 3.48. The Labute approximate surface area is 107 Å². The van der Waals surface area contributed by atoms with E-state index in [1.54, 1.807) is 17.7 Å². The van der Waals surface area contributed by atoms with Crippen LogP contribution in [0.1, 0.15) is 11.1 Å². The summed E-state index contributed by atoms with van der Waals surface area (Å²) in [4.78, 5) is 0. The van der Waals surface area contributed by atoms with E-state index in [0.717, 1.165) is 5.56 Å². The lowest BCUT2D eigenvalue weighted by Crippen LogP contribution is -1.98. The van der Waals surface area contributed by atoms with Crippen molar-refractivity contribution in [3.05, 3.63) is 35.1 Å². The molecule has 92 valence electrons. The summed E-state index contributed by atoms with van der Waals surface area (Å²) in [6.45, 7) is 0. The number of thioether (sulfide) groups is 1. The van der Waals surface area contributed by atoms with Crippen molar-refractivity contribution < 1.29 is 4.39 Å². The topological polar surface area (TPSA) is 80.5 Å². The van der Waals surface area contributed by atoms with Crippen LogP contribution in [0.2, 0.25) is 0 Å². The van der Waals surface area contributed by atoms with Crippen LogP contribution < -0.4 is 5.73 Å². The van der Waals surface area contributed by atoms with Crippen molar-refractivity contribution in [1.82, 2.24) is 14.8 Å². The molecule has 2 rings (SSSR count). The molecule has 0 aliphatic heterocycles. The molecule has 0 fully saturated rings. The predicted octanol–water partition coefficient (Wildman–Crippen LogP) is 1.70. The van der Waals surface area contributed by atoms with Gasteiger partial charge in [0.15, 0.2) is 5.16 Å². The lowest BCUT2D eigenvalue weighted by Gasteiger charge is -2.02. The third-order valence-electron chi connectivity index (χ3n) is 2.39. The molecule has 1 heterocycles. The number of halogens is 1. The zero-order chi connectivity index (χ0) is 13.1. The Bertz CT molecular complexity index is 616. The number of hydrogen-bond acceptors (Lipinski definition) is 5. The van der Waals surface area contributed by atoms with Gasteiger partial charge in [-0.25, -0.2) is 4.39 Å². The largest absolute Gasteiger partial charge is 0.368 e. The van der Waals surface area contributed by atoms with Crippen molar-refractivity contribution in [3.63, 3.8) is 0 Å². The fourth-order valence-electron chi connectivity index (χ4n) is 1.35. The number of anilines is 1. The summed E-state index contributed by atoms with van der Waals surface area (Å²) in [7, 11) is 1.77. The van der Waals surface area contributed by atoms with Gasteiger partial charge in [0.2, 0.25) is 5.95 Å². The number of rotatable bonds is 3. The van der Waals surface area contributed by atoms with Crippen LogP contribution >= 0.6 is 11.8 Å². The van der Waals surface area contributed by atoms with Crippen LogP contribution in [0.3, 0.4) is 0 Å². The highest BCUT2D eigenvalue weighted by Crippen LogP contribution is 2.22. The lowest BCUT2D eigenvalue weighted by molar-refractivity contribution is 0.623. The van der Waals surface area contributed by atoms with Gasteiger partial charge in [0, 0.05) is 12.8 Å². The van der Waals surface area contributed by atoms with Crippen LogP contribution in [-0.2, 0) is 12.8 Å². The Morgan fingerprint density at radius 1 is 1.50 bits per heavy atom. The van der Waals surface area contributed by atoms with Gasteiger partial charge in [0.05, 0.1) is 5.56 Å². The number of nitrogens with zero attached hydrogens (tertiary/aromatic N) is 4. The molecule has 0 unspecified atom stereocenters. The van der Waals surface area contributed by atoms with Crippen molar-refractivity contribution in [2.75, 3.05) is 5.73 Å². The van der Waals surface area contributed by atoms with Gasteiger partial charge in [-0.1, -0.05) is 17.8 Å². The lowest BCUT2D eigenvalue weighted by atomic mass is 10.1. The summed E-state index contributed by atoms with van der Waals surface area (Å²) in [5.74, 6) is 0.407. The minimum Gasteiger partial charge on any atom is -0.368 e. The van der Waals surface area contributed by atoms with Gasteiger partial charge in [0.1, 0.15) is 11.9 Å². The Hall–Kier alpha value is -2.07. The average Bonchev–Trinajstić information content (AvgIpc) is 2.69. The van der Waals surface area contributed by atoms with E-state index in [1.807, 2.05) is 6.07 Å². The monoisotopic (exact) mass is 263 g/mol. The van der Waals surface area contributed by atoms with Crippen molar-refractivity contribution in [2.24, 2.45) is 7.05 Å². The third kappa shape index (κ3) is 2.43. The van der Waals surface area contributed by atoms with Crippen LogP contribution in [0.4, 0.5) is 10.3 Å². The van der Waals surface area contributed by atoms with Gasteiger partial charge in [-0.15, -0.1) is 10.2 Å². The van der Waals surface area contributed by atoms with E-state index in [-0.39, 0.29) is 5.56 Å². The zero-order valence-corrected chi connectivity index (χ0v) is 10.4. The molecule has 0 bridgehead atoms. The molecule has 5 nitrogen and oxygen atoms in total. The van der Waals surface area contributed by atoms with Gasteiger partial charge in [-0.2, -0.15) is 5.26 Å². The number of nitriles is 1. The number of benzene rings is 1. The highest BCUT2D eigenvalue weighted by molar-refractivity contribution is 7.98. The van der Waals surface area contributed by atoms with Crippen LogP contribution in [0, 0.1) is 17.1 Å². The summed E-state index contributed by atoms with van der Waals surface area (Å²) in [6, 6.07) is 6.27. The van der Waals surface area contributed by atoms with E-state index in [1.165, 1.54) is 23.9 Å². The first-order chi connectivity index (χ1) is 8.61. The maximum Gasteiger partial charge on any atom is 0.222 e. The van der Waals surface area contributed by atoms with E-state index >= 15 is 0 Å². The molecule has 0 saturated heterocycles. The van der Waals surface area contributed by atoms with Crippen LogP contribution in [-0.4, -0.2) is 14.8 Å². The molecule has 0 amide bonds. The fraction of sp³-hybridized carbons (Fsp3) is 0.182. The molecule has 0 saturated carbocycles. The minimum atomic E-state index is -0.505. The number of nitrogens with two attached hydrogens (primary N) is 1. The molecule has 1 aromatic heterocycles. The SMILES string of the molecule is Cn1c(N)nnc1SCc1ccc(F)c(C#N)c1. The number of aromatic nitrogens is 3. The summed E-state index contributed by atoms with van der Waals surface area (Å²) in [5, 5.41) is 17.0. The first-order valence-corrected chi connectivity index (χ1v) is 6.06. The number of nitrogen functional groups attached to an aromatic ring is 1. The van der Waals surface area contributed by atoms with Gasteiger partial charge >= 0.3 is 0 Å². The second-order valence-electron chi connectivity index (χ2n) is 3.61. The Morgan fingerprint density at radius 3 is 2.89 bits per heavy atom. The molecule has 1 aromatic carbocycles. The quantitative estimate of drug-likeness (QED) is 0.852. The van der Waals surface area contributed by atoms with Gasteiger partial charge in [0.25, 0.3) is 0 Å². The van der Waals surface area contributed by atoms with E-state index in [9.17, 15) is 4.39 Å². The van der Waals surface area contributed by atoms with E-state index in [0.29, 0.717) is 16.9 Å². The minimum absolute atomic E-state index is 0.0468. The molecular weight excluding hydrogens is 253 g/mol. The molecule has 18 heavy (non-hydrogen) atoms. The van der Waals surface area contributed by atoms with E-state index in [2.05, 4.69) is 10.2 Å². The smallest absolute Gasteiger partial charge is 0.222 e. The highest BCUT2D eigenvalue weighted by atomic mass is 32.2. The Kier molecular flexibility index (Phi) is 3.48. The molecule has 7 heteroatoms. The molecule has 0 radical (unpaired) electrons. The number of hydrogen-bond donors (Lipinski definition) is 1. The maximum absolute atomic E-state index is 13.1. The normalized spacial score (nSPS) is 10.3. The molecule has 0 aliphatic rings. The summed E-state index contributed by atoms with van der Waals surface area (Å²) < 4.78 is 14.8. The first kappa shape index (κ1) is 12.4. The van der Waals surface area contributed by atoms with Crippen molar-refractivity contribution in [2.45, 2.75) is 10.9 Å².